The van der Waals surface area contributed by atoms with Gasteiger partial charge in [0.15, 0.2) is 0 Å². The molecule has 2 rings (SSSR count). The van der Waals surface area contributed by atoms with Gasteiger partial charge in [0, 0.05) is 6.20 Å². The number of amides is 1. The Bertz CT molecular complexity index is 601. The molecule has 1 amide bonds. The van der Waals surface area contributed by atoms with Gasteiger partial charge in [0.2, 0.25) is 0 Å². The molecule has 21 heavy (non-hydrogen) atoms. The van der Waals surface area contributed by atoms with E-state index in [-0.39, 0.29) is 10.2 Å². The molecule has 1 atom stereocenters. The van der Waals surface area contributed by atoms with Gasteiger partial charge in [-0.1, -0.05) is 43.4 Å². The summed E-state index contributed by atoms with van der Waals surface area (Å²) in [7, 11) is 0. The van der Waals surface area contributed by atoms with Gasteiger partial charge in [-0.25, -0.2) is 4.79 Å². The maximum atomic E-state index is 12.4. The van der Waals surface area contributed by atoms with Gasteiger partial charge in [-0.3, -0.25) is 14.7 Å². The van der Waals surface area contributed by atoms with Crippen LogP contribution in [-0.2, 0) is 9.59 Å². The number of rotatable bonds is 5. The zero-order chi connectivity index (χ0) is 15.4. The van der Waals surface area contributed by atoms with Crippen molar-refractivity contribution in [2.75, 3.05) is 0 Å². The number of carbonyl (C=O) groups excluding carboxylic acids is 1. The van der Waals surface area contributed by atoms with Gasteiger partial charge in [0.25, 0.3) is 5.91 Å². The van der Waals surface area contributed by atoms with E-state index in [1.165, 1.54) is 4.90 Å². The summed E-state index contributed by atoms with van der Waals surface area (Å²) in [6.45, 7) is 1.87. The van der Waals surface area contributed by atoms with E-state index in [0.29, 0.717) is 23.4 Å². The van der Waals surface area contributed by atoms with Crippen molar-refractivity contribution in [3.8, 4) is 0 Å². The van der Waals surface area contributed by atoms with Gasteiger partial charge in [-0.05, 0) is 24.6 Å². The quantitative estimate of drug-likeness (QED) is 0.663. The van der Waals surface area contributed by atoms with Crippen molar-refractivity contribution < 1.29 is 14.7 Å². The Balaban J connectivity index is 2.28. The lowest BCUT2D eigenvalue weighted by Gasteiger charge is -2.22. The highest BCUT2D eigenvalue weighted by Crippen LogP contribution is 2.34. The van der Waals surface area contributed by atoms with Crippen LogP contribution < -0.4 is 0 Å². The van der Waals surface area contributed by atoms with E-state index in [0.717, 1.165) is 11.8 Å². The lowest BCUT2D eigenvalue weighted by Crippen LogP contribution is -2.43. The molecule has 7 heteroatoms. The normalized spacial score (nSPS) is 18.3. The lowest BCUT2D eigenvalue weighted by atomic mass is 10.1. The van der Waals surface area contributed by atoms with Crippen molar-refractivity contribution in [2.45, 2.75) is 25.8 Å². The van der Waals surface area contributed by atoms with Crippen LogP contribution in [0.4, 0.5) is 0 Å². The molecule has 1 fully saturated rings. The van der Waals surface area contributed by atoms with Crippen LogP contribution in [0.3, 0.4) is 0 Å². The van der Waals surface area contributed by atoms with E-state index in [9.17, 15) is 14.7 Å². The Labute approximate surface area is 132 Å². The predicted molar refractivity (Wildman–Crippen MR) is 85.6 cm³/mol. The second-order valence-electron chi connectivity index (χ2n) is 4.45. The molecular weight excluding hydrogens is 308 g/mol. The second-order valence-corrected chi connectivity index (χ2v) is 6.12. The topological polar surface area (TPSA) is 70.5 Å². The fourth-order valence-electron chi connectivity index (χ4n) is 1.98. The monoisotopic (exact) mass is 322 g/mol. The first kappa shape index (κ1) is 15.7. The minimum absolute atomic E-state index is 0.281. The van der Waals surface area contributed by atoms with Crippen molar-refractivity contribution in [1.29, 1.82) is 0 Å². The zero-order valence-electron chi connectivity index (χ0n) is 11.4. The molecule has 0 radical (unpaired) electrons. The SMILES string of the molecule is CCCC(C(=O)O)N1C(=O)C(=Cc2ccccn2)SC1=S. The van der Waals surface area contributed by atoms with Gasteiger partial charge in [0.05, 0.1) is 10.6 Å². The Hall–Kier alpha value is -1.73. The molecule has 0 saturated carbocycles. The molecular formula is C14H14N2O3S2. The summed E-state index contributed by atoms with van der Waals surface area (Å²) in [5.74, 6) is -1.40. The minimum atomic E-state index is -1.03. The van der Waals surface area contributed by atoms with E-state index < -0.39 is 12.0 Å². The van der Waals surface area contributed by atoms with Crippen molar-refractivity contribution in [1.82, 2.24) is 9.88 Å². The number of aromatic nitrogens is 1. The van der Waals surface area contributed by atoms with Crippen molar-refractivity contribution in [2.24, 2.45) is 0 Å². The van der Waals surface area contributed by atoms with Crippen LogP contribution in [0.1, 0.15) is 25.5 Å². The molecule has 0 aromatic carbocycles. The predicted octanol–water partition coefficient (Wildman–Crippen LogP) is 2.54. The smallest absolute Gasteiger partial charge is 0.326 e. The molecule has 110 valence electrons. The van der Waals surface area contributed by atoms with Gasteiger partial charge in [-0.15, -0.1) is 0 Å². The van der Waals surface area contributed by atoms with Crippen LogP contribution >= 0.6 is 24.0 Å². The highest BCUT2D eigenvalue weighted by Gasteiger charge is 2.39. The Morgan fingerprint density at radius 3 is 2.90 bits per heavy atom. The summed E-state index contributed by atoms with van der Waals surface area (Å²) in [5, 5.41) is 9.28. The summed E-state index contributed by atoms with van der Waals surface area (Å²) in [6.07, 6.45) is 4.29. The number of thiocarbonyl (C=S) groups is 1. The van der Waals surface area contributed by atoms with Crippen molar-refractivity contribution in [3.05, 3.63) is 35.0 Å². The number of thioether (sulfide) groups is 1. The minimum Gasteiger partial charge on any atom is -0.480 e. The molecule has 2 heterocycles. The molecule has 1 saturated heterocycles. The van der Waals surface area contributed by atoms with E-state index in [1.54, 1.807) is 24.4 Å². The molecule has 5 nitrogen and oxygen atoms in total. The third-order valence-corrected chi connectivity index (χ3v) is 4.28. The molecule has 0 bridgehead atoms. The Kier molecular flexibility index (Phi) is 5.08. The van der Waals surface area contributed by atoms with Crippen LogP contribution in [0.25, 0.3) is 6.08 Å². The van der Waals surface area contributed by atoms with Crippen LogP contribution in [0.5, 0.6) is 0 Å². The molecule has 1 unspecified atom stereocenters. The second kappa shape index (κ2) is 6.82. The lowest BCUT2D eigenvalue weighted by molar-refractivity contribution is -0.145. The van der Waals surface area contributed by atoms with Crippen LogP contribution in [0, 0.1) is 0 Å². The Morgan fingerprint density at radius 1 is 1.57 bits per heavy atom. The summed E-state index contributed by atoms with van der Waals surface area (Å²) >= 11 is 6.28. The summed E-state index contributed by atoms with van der Waals surface area (Å²) in [4.78, 5) is 29.5. The van der Waals surface area contributed by atoms with Gasteiger partial charge < -0.3 is 5.11 Å². The van der Waals surface area contributed by atoms with Crippen LogP contribution in [0.15, 0.2) is 29.3 Å². The maximum Gasteiger partial charge on any atom is 0.326 e. The van der Waals surface area contributed by atoms with Crippen molar-refractivity contribution >= 4 is 46.3 Å². The number of pyridine rings is 1. The molecule has 1 aromatic rings. The number of carboxylic acids is 1. The molecule has 0 spiro atoms. The Morgan fingerprint density at radius 2 is 2.33 bits per heavy atom. The summed E-state index contributed by atoms with van der Waals surface area (Å²) in [6, 6.07) is 4.46. The number of nitrogens with zero attached hydrogens (tertiary/aromatic N) is 2. The van der Waals surface area contributed by atoms with E-state index in [2.05, 4.69) is 4.98 Å². The standard InChI is InChI=1S/C14H14N2O3S2/c1-2-5-10(13(18)19)16-12(17)11(21-14(16)20)8-9-6-3-4-7-15-9/h3-4,6-8,10H,2,5H2,1H3,(H,18,19). The number of hydrogen-bond donors (Lipinski definition) is 1. The highest BCUT2D eigenvalue weighted by atomic mass is 32.2. The third kappa shape index (κ3) is 3.48. The fourth-order valence-corrected chi connectivity index (χ4v) is 3.32. The van der Waals surface area contributed by atoms with Crippen LogP contribution in [-0.4, -0.2) is 37.2 Å². The highest BCUT2D eigenvalue weighted by molar-refractivity contribution is 8.26. The van der Waals surface area contributed by atoms with Gasteiger partial charge in [0.1, 0.15) is 10.4 Å². The summed E-state index contributed by atoms with van der Waals surface area (Å²) in [5.41, 5.74) is 0.639. The molecule has 0 aliphatic carbocycles. The van der Waals surface area contributed by atoms with E-state index in [4.69, 9.17) is 12.2 Å². The fraction of sp³-hybridized carbons (Fsp3) is 0.286. The molecule has 1 aromatic heterocycles. The average molecular weight is 322 g/mol. The maximum absolute atomic E-state index is 12.4. The first-order valence-corrected chi connectivity index (χ1v) is 7.68. The molecule has 1 N–H and O–H groups in total. The molecule has 1 aliphatic rings. The van der Waals surface area contributed by atoms with E-state index >= 15 is 0 Å². The average Bonchev–Trinajstić information content (AvgIpc) is 2.72. The van der Waals surface area contributed by atoms with Gasteiger partial charge in [-0.2, -0.15) is 0 Å². The number of carbonyl (C=O) groups is 2. The zero-order valence-corrected chi connectivity index (χ0v) is 13.0. The third-order valence-electron chi connectivity index (χ3n) is 2.95. The largest absolute Gasteiger partial charge is 0.480 e. The summed E-state index contributed by atoms with van der Waals surface area (Å²) < 4.78 is 0.281. The van der Waals surface area contributed by atoms with Crippen molar-refractivity contribution in [3.63, 3.8) is 0 Å². The first-order valence-electron chi connectivity index (χ1n) is 6.45. The van der Waals surface area contributed by atoms with Crippen LogP contribution in [0.2, 0.25) is 0 Å². The number of carboxylic acid groups (broad SMARTS) is 1. The van der Waals surface area contributed by atoms with Gasteiger partial charge >= 0.3 is 5.97 Å². The number of aliphatic carboxylic acids is 1. The molecule has 1 aliphatic heterocycles. The number of hydrogen-bond acceptors (Lipinski definition) is 5. The first-order chi connectivity index (χ1) is 10.0. The van der Waals surface area contributed by atoms with E-state index in [1.807, 2.05) is 13.0 Å².